The Bertz CT molecular complexity index is 544. The summed E-state index contributed by atoms with van der Waals surface area (Å²) in [7, 11) is -3.56. The van der Waals surface area contributed by atoms with Gasteiger partial charge in [0.2, 0.25) is 10.0 Å². The average Bonchev–Trinajstić information content (AvgIpc) is 3.29. The molecule has 1 aliphatic carbocycles. The molecular weight excluding hydrogens is 290 g/mol. The molecule has 0 radical (unpaired) electrons. The maximum Gasteiger partial charge on any atom is 0.244 e. The van der Waals surface area contributed by atoms with Gasteiger partial charge in [0, 0.05) is 32.1 Å². The molecule has 1 aromatic rings. The van der Waals surface area contributed by atoms with Crippen molar-refractivity contribution in [3.63, 3.8) is 0 Å². The average molecular weight is 313 g/mol. The summed E-state index contributed by atoms with van der Waals surface area (Å²) in [5.74, 6) is 0.685. The van der Waals surface area contributed by atoms with Crippen LogP contribution in [0.1, 0.15) is 26.2 Å². The number of rotatable bonds is 10. The van der Waals surface area contributed by atoms with Gasteiger partial charge in [-0.05, 0) is 31.2 Å². The van der Waals surface area contributed by atoms with Gasteiger partial charge >= 0.3 is 0 Å². The van der Waals surface area contributed by atoms with E-state index < -0.39 is 10.0 Å². The molecule has 1 aliphatic rings. The second-order valence-electron chi connectivity index (χ2n) is 5.21. The standard InChI is InChI=1S/C14H23N3O3S/c1-2-6-16-13-5-7-15-10-14(13)21(18,19)17-8-9-20-11-12-3-4-12/h5,7,10,12,17H,2-4,6,8-9,11H2,1H3,(H,15,16). The molecule has 6 nitrogen and oxygen atoms in total. The molecule has 2 N–H and O–H groups in total. The summed E-state index contributed by atoms with van der Waals surface area (Å²) in [5.41, 5.74) is 0.582. The summed E-state index contributed by atoms with van der Waals surface area (Å²) in [6, 6.07) is 1.67. The summed E-state index contributed by atoms with van der Waals surface area (Å²) >= 11 is 0. The molecule has 0 amide bonds. The number of hydrogen-bond donors (Lipinski definition) is 2. The third kappa shape index (κ3) is 5.26. The van der Waals surface area contributed by atoms with E-state index in [1.165, 1.54) is 19.0 Å². The number of ether oxygens (including phenoxy) is 1. The Kier molecular flexibility index (Phi) is 5.96. The monoisotopic (exact) mass is 313 g/mol. The van der Waals surface area contributed by atoms with Gasteiger partial charge in [0.1, 0.15) is 4.90 Å². The zero-order valence-electron chi connectivity index (χ0n) is 12.3. The molecule has 0 atom stereocenters. The van der Waals surface area contributed by atoms with Gasteiger partial charge in [0.15, 0.2) is 0 Å². The zero-order valence-corrected chi connectivity index (χ0v) is 13.2. The Morgan fingerprint density at radius 1 is 1.38 bits per heavy atom. The molecule has 0 aromatic carbocycles. The van der Waals surface area contributed by atoms with Crippen molar-refractivity contribution in [2.75, 3.05) is 31.6 Å². The number of nitrogens with zero attached hydrogens (tertiary/aromatic N) is 1. The molecule has 1 aromatic heterocycles. The SMILES string of the molecule is CCCNc1ccncc1S(=O)(=O)NCCOCC1CC1. The van der Waals surface area contributed by atoms with Crippen molar-refractivity contribution in [1.82, 2.24) is 9.71 Å². The van der Waals surface area contributed by atoms with Crippen LogP contribution in [0, 0.1) is 5.92 Å². The second-order valence-corrected chi connectivity index (χ2v) is 6.95. The molecule has 1 saturated carbocycles. The Balaban J connectivity index is 1.87. The lowest BCUT2D eigenvalue weighted by Gasteiger charge is -2.12. The molecule has 1 heterocycles. The third-order valence-electron chi connectivity index (χ3n) is 3.23. The fourth-order valence-electron chi connectivity index (χ4n) is 1.86. The van der Waals surface area contributed by atoms with Gasteiger partial charge in [0.25, 0.3) is 0 Å². The largest absolute Gasteiger partial charge is 0.384 e. The Morgan fingerprint density at radius 3 is 2.90 bits per heavy atom. The highest BCUT2D eigenvalue weighted by atomic mass is 32.2. The van der Waals surface area contributed by atoms with E-state index in [0.717, 1.165) is 19.6 Å². The number of sulfonamides is 1. The Morgan fingerprint density at radius 2 is 2.19 bits per heavy atom. The first-order valence-corrected chi connectivity index (χ1v) is 8.87. The van der Waals surface area contributed by atoms with Crippen LogP contribution in [0.3, 0.4) is 0 Å². The van der Waals surface area contributed by atoms with Gasteiger partial charge in [0.05, 0.1) is 12.3 Å². The molecule has 118 valence electrons. The molecule has 0 unspecified atom stereocenters. The van der Waals surface area contributed by atoms with Crippen molar-refractivity contribution in [2.24, 2.45) is 5.92 Å². The molecule has 2 rings (SSSR count). The molecule has 0 aliphatic heterocycles. The quantitative estimate of drug-likeness (QED) is 0.641. The first-order chi connectivity index (χ1) is 10.1. The lowest BCUT2D eigenvalue weighted by molar-refractivity contribution is 0.129. The number of nitrogens with one attached hydrogen (secondary N) is 2. The van der Waals surface area contributed by atoms with E-state index >= 15 is 0 Å². The smallest absolute Gasteiger partial charge is 0.244 e. The summed E-state index contributed by atoms with van der Waals surface area (Å²) in [4.78, 5) is 4.09. The van der Waals surface area contributed by atoms with Gasteiger partial charge in [-0.2, -0.15) is 0 Å². The lowest BCUT2D eigenvalue weighted by atomic mass is 10.4. The minimum absolute atomic E-state index is 0.181. The highest BCUT2D eigenvalue weighted by Gasteiger charge is 2.21. The maximum atomic E-state index is 12.3. The van der Waals surface area contributed by atoms with Crippen LogP contribution in [0.25, 0.3) is 0 Å². The first kappa shape index (κ1) is 16.2. The van der Waals surface area contributed by atoms with E-state index in [9.17, 15) is 8.42 Å². The van der Waals surface area contributed by atoms with Crippen LogP contribution in [-0.2, 0) is 14.8 Å². The van der Waals surface area contributed by atoms with E-state index in [0.29, 0.717) is 18.2 Å². The van der Waals surface area contributed by atoms with Gasteiger partial charge in [-0.15, -0.1) is 0 Å². The topological polar surface area (TPSA) is 80.3 Å². The van der Waals surface area contributed by atoms with Crippen LogP contribution in [0.5, 0.6) is 0 Å². The Hall–Kier alpha value is -1.18. The van der Waals surface area contributed by atoms with Gasteiger partial charge in [-0.25, -0.2) is 13.1 Å². The van der Waals surface area contributed by atoms with Gasteiger partial charge in [-0.1, -0.05) is 6.92 Å². The van der Waals surface area contributed by atoms with E-state index in [1.807, 2.05) is 6.92 Å². The van der Waals surface area contributed by atoms with Crippen LogP contribution in [0.15, 0.2) is 23.4 Å². The normalized spacial score (nSPS) is 15.1. The van der Waals surface area contributed by atoms with Crippen LogP contribution < -0.4 is 10.0 Å². The third-order valence-corrected chi connectivity index (χ3v) is 4.72. The van der Waals surface area contributed by atoms with Gasteiger partial charge < -0.3 is 10.1 Å². The van der Waals surface area contributed by atoms with Crippen molar-refractivity contribution in [1.29, 1.82) is 0 Å². The summed E-state index contributed by atoms with van der Waals surface area (Å²) < 4.78 is 32.5. The van der Waals surface area contributed by atoms with E-state index in [2.05, 4.69) is 15.0 Å². The fraction of sp³-hybridized carbons (Fsp3) is 0.643. The lowest BCUT2D eigenvalue weighted by Crippen LogP contribution is -2.28. The number of hydrogen-bond acceptors (Lipinski definition) is 5. The van der Waals surface area contributed by atoms with Crippen LogP contribution in [0.4, 0.5) is 5.69 Å². The molecule has 7 heteroatoms. The van der Waals surface area contributed by atoms with Crippen molar-refractivity contribution in [3.8, 4) is 0 Å². The number of anilines is 1. The maximum absolute atomic E-state index is 12.3. The second kappa shape index (κ2) is 7.72. The molecule has 0 bridgehead atoms. The van der Waals surface area contributed by atoms with Crippen LogP contribution >= 0.6 is 0 Å². The Labute approximate surface area is 126 Å². The molecule has 0 spiro atoms. The van der Waals surface area contributed by atoms with E-state index in [1.54, 1.807) is 12.3 Å². The molecular formula is C14H23N3O3S. The minimum Gasteiger partial charge on any atom is -0.384 e. The number of aromatic nitrogens is 1. The fourth-order valence-corrected chi connectivity index (χ4v) is 3.00. The summed E-state index contributed by atoms with van der Waals surface area (Å²) in [5, 5.41) is 3.10. The van der Waals surface area contributed by atoms with Gasteiger partial charge in [-0.3, -0.25) is 4.98 Å². The predicted molar refractivity (Wildman–Crippen MR) is 81.7 cm³/mol. The predicted octanol–water partition coefficient (Wildman–Crippen LogP) is 1.61. The zero-order chi connectivity index (χ0) is 15.1. The first-order valence-electron chi connectivity index (χ1n) is 7.38. The number of pyridine rings is 1. The highest BCUT2D eigenvalue weighted by molar-refractivity contribution is 7.89. The van der Waals surface area contributed by atoms with Crippen molar-refractivity contribution in [2.45, 2.75) is 31.1 Å². The summed E-state index contributed by atoms with van der Waals surface area (Å²) in [6.45, 7) is 4.15. The minimum atomic E-state index is -3.56. The molecule has 21 heavy (non-hydrogen) atoms. The van der Waals surface area contributed by atoms with Crippen molar-refractivity contribution < 1.29 is 13.2 Å². The van der Waals surface area contributed by atoms with E-state index in [4.69, 9.17) is 4.74 Å². The van der Waals surface area contributed by atoms with Crippen molar-refractivity contribution in [3.05, 3.63) is 18.5 Å². The van der Waals surface area contributed by atoms with E-state index in [-0.39, 0.29) is 11.4 Å². The summed E-state index contributed by atoms with van der Waals surface area (Å²) in [6.07, 6.45) is 6.33. The highest BCUT2D eigenvalue weighted by Crippen LogP contribution is 2.28. The van der Waals surface area contributed by atoms with Crippen molar-refractivity contribution >= 4 is 15.7 Å². The van der Waals surface area contributed by atoms with Crippen LogP contribution in [-0.4, -0.2) is 39.7 Å². The van der Waals surface area contributed by atoms with Crippen LogP contribution in [0.2, 0.25) is 0 Å². The molecule has 1 fully saturated rings. The molecule has 0 saturated heterocycles.